The third-order valence-electron chi connectivity index (χ3n) is 2.59. The fraction of sp³-hybridized carbons (Fsp3) is 0.182. The van der Waals surface area contributed by atoms with E-state index in [1.54, 1.807) is 26.1 Å². The number of nitrogens with zero attached hydrogens (tertiary/aromatic N) is 2. The first-order chi connectivity index (χ1) is 7.52. The van der Waals surface area contributed by atoms with Gasteiger partial charge in [-0.15, -0.1) is 0 Å². The molecule has 1 amide bonds. The summed E-state index contributed by atoms with van der Waals surface area (Å²) in [7, 11) is 1.61. The summed E-state index contributed by atoms with van der Waals surface area (Å²) >= 11 is 0. The number of aryl methyl sites for hydroxylation is 1. The molecule has 16 heavy (non-hydrogen) atoms. The van der Waals surface area contributed by atoms with E-state index in [2.05, 4.69) is 4.98 Å². The van der Waals surface area contributed by atoms with Crippen molar-refractivity contribution in [2.24, 2.45) is 12.8 Å². The molecule has 0 atom stereocenters. The van der Waals surface area contributed by atoms with Gasteiger partial charge in [0.05, 0.1) is 16.5 Å². The van der Waals surface area contributed by atoms with Gasteiger partial charge in [0.15, 0.2) is 0 Å². The van der Waals surface area contributed by atoms with Crippen molar-refractivity contribution in [1.82, 2.24) is 9.55 Å². The van der Waals surface area contributed by atoms with Crippen LogP contribution >= 0.6 is 0 Å². The maximum Gasteiger partial charge on any atom is 0.261 e. The third-order valence-corrected chi connectivity index (χ3v) is 2.59. The molecule has 0 aliphatic carbocycles. The topological polar surface area (TPSA) is 78.0 Å². The zero-order chi connectivity index (χ0) is 11.9. The highest BCUT2D eigenvalue weighted by Crippen LogP contribution is 2.12. The summed E-state index contributed by atoms with van der Waals surface area (Å²) in [6, 6.07) is 4.88. The molecule has 82 valence electrons. The van der Waals surface area contributed by atoms with E-state index < -0.39 is 5.91 Å². The summed E-state index contributed by atoms with van der Waals surface area (Å²) in [5.74, 6) is -0.0209. The maximum absolute atomic E-state index is 12.0. The summed E-state index contributed by atoms with van der Waals surface area (Å²) in [5, 5.41) is 0.281. The van der Waals surface area contributed by atoms with E-state index in [0.29, 0.717) is 11.3 Å². The SMILES string of the molecule is Cc1nc2cccc(C(N)=O)c2c(=O)n1C. The number of benzene rings is 1. The van der Waals surface area contributed by atoms with E-state index in [9.17, 15) is 9.59 Å². The third kappa shape index (κ3) is 1.37. The molecule has 5 heteroatoms. The molecule has 0 spiro atoms. The van der Waals surface area contributed by atoms with E-state index in [0.717, 1.165) is 0 Å². The van der Waals surface area contributed by atoms with E-state index >= 15 is 0 Å². The minimum Gasteiger partial charge on any atom is -0.366 e. The molecule has 1 aromatic heterocycles. The van der Waals surface area contributed by atoms with Crippen LogP contribution in [0.1, 0.15) is 16.2 Å². The molecular formula is C11H11N3O2. The number of rotatable bonds is 1. The lowest BCUT2D eigenvalue weighted by molar-refractivity contribution is 0.100. The van der Waals surface area contributed by atoms with Crippen LogP contribution in [0.4, 0.5) is 0 Å². The van der Waals surface area contributed by atoms with Gasteiger partial charge in [0.1, 0.15) is 5.82 Å². The number of hydrogen-bond acceptors (Lipinski definition) is 3. The van der Waals surface area contributed by atoms with E-state index in [-0.39, 0.29) is 16.5 Å². The summed E-state index contributed by atoms with van der Waals surface area (Å²) in [5.41, 5.74) is 5.68. The first-order valence-electron chi connectivity index (χ1n) is 4.78. The molecule has 0 fully saturated rings. The second-order valence-corrected chi connectivity index (χ2v) is 3.59. The number of carbonyl (C=O) groups excluding carboxylic acids is 1. The molecule has 0 aliphatic rings. The summed E-state index contributed by atoms with van der Waals surface area (Å²) in [6.45, 7) is 1.73. The van der Waals surface area contributed by atoms with Crippen LogP contribution in [0.25, 0.3) is 10.9 Å². The Kier molecular flexibility index (Phi) is 2.23. The van der Waals surface area contributed by atoms with Crippen molar-refractivity contribution in [3.05, 3.63) is 39.9 Å². The zero-order valence-corrected chi connectivity index (χ0v) is 9.02. The Morgan fingerprint density at radius 2 is 2.12 bits per heavy atom. The van der Waals surface area contributed by atoms with Gasteiger partial charge in [-0.25, -0.2) is 4.98 Å². The summed E-state index contributed by atoms with van der Waals surface area (Å²) < 4.78 is 1.40. The van der Waals surface area contributed by atoms with Gasteiger partial charge in [-0.2, -0.15) is 0 Å². The van der Waals surface area contributed by atoms with Crippen LogP contribution < -0.4 is 11.3 Å². The van der Waals surface area contributed by atoms with Gasteiger partial charge >= 0.3 is 0 Å². The van der Waals surface area contributed by atoms with Crippen LogP contribution in [0.5, 0.6) is 0 Å². The largest absolute Gasteiger partial charge is 0.366 e. The van der Waals surface area contributed by atoms with Gasteiger partial charge in [-0.05, 0) is 19.1 Å². The number of aromatic nitrogens is 2. The molecule has 2 N–H and O–H groups in total. The highest BCUT2D eigenvalue weighted by molar-refractivity contribution is 6.05. The number of amides is 1. The fourth-order valence-corrected chi connectivity index (χ4v) is 1.63. The van der Waals surface area contributed by atoms with Crippen molar-refractivity contribution in [3.63, 3.8) is 0 Å². The average Bonchev–Trinajstić information content (AvgIpc) is 2.25. The maximum atomic E-state index is 12.0. The zero-order valence-electron chi connectivity index (χ0n) is 9.02. The molecule has 0 saturated carbocycles. The number of hydrogen-bond donors (Lipinski definition) is 1. The molecule has 5 nitrogen and oxygen atoms in total. The lowest BCUT2D eigenvalue weighted by atomic mass is 10.1. The van der Waals surface area contributed by atoms with Gasteiger partial charge in [0.2, 0.25) is 5.91 Å². The molecule has 1 heterocycles. The van der Waals surface area contributed by atoms with Crippen molar-refractivity contribution >= 4 is 16.8 Å². The summed E-state index contributed by atoms with van der Waals surface area (Å²) in [6.07, 6.45) is 0. The minimum absolute atomic E-state index is 0.214. The van der Waals surface area contributed by atoms with E-state index in [1.807, 2.05) is 0 Å². The summed E-state index contributed by atoms with van der Waals surface area (Å²) in [4.78, 5) is 27.4. The van der Waals surface area contributed by atoms with Gasteiger partial charge in [0.25, 0.3) is 5.56 Å². The van der Waals surface area contributed by atoms with Crippen LogP contribution in [0, 0.1) is 6.92 Å². The Morgan fingerprint density at radius 1 is 1.44 bits per heavy atom. The van der Waals surface area contributed by atoms with E-state index in [1.165, 1.54) is 10.6 Å². The number of carbonyl (C=O) groups is 1. The lowest BCUT2D eigenvalue weighted by Crippen LogP contribution is -2.24. The first-order valence-corrected chi connectivity index (χ1v) is 4.78. The van der Waals surface area contributed by atoms with Gasteiger partial charge in [0, 0.05) is 7.05 Å². The predicted molar refractivity (Wildman–Crippen MR) is 60.2 cm³/mol. The Bertz CT molecular complexity index is 643. The van der Waals surface area contributed by atoms with Crippen molar-refractivity contribution < 1.29 is 4.79 Å². The highest BCUT2D eigenvalue weighted by atomic mass is 16.1. The Morgan fingerprint density at radius 3 is 2.75 bits per heavy atom. The molecular weight excluding hydrogens is 206 g/mol. The second-order valence-electron chi connectivity index (χ2n) is 3.59. The number of fused-ring (bicyclic) bond motifs is 1. The van der Waals surface area contributed by atoms with Crippen molar-refractivity contribution in [3.8, 4) is 0 Å². The van der Waals surface area contributed by atoms with Crippen LogP contribution in [0.3, 0.4) is 0 Å². The van der Waals surface area contributed by atoms with Crippen LogP contribution in [0.15, 0.2) is 23.0 Å². The molecule has 2 aromatic rings. The number of nitrogens with two attached hydrogens (primary N) is 1. The van der Waals surface area contributed by atoms with Crippen LogP contribution in [0.2, 0.25) is 0 Å². The molecule has 1 aromatic carbocycles. The minimum atomic E-state index is -0.617. The average molecular weight is 217 g/mol. The quantitative estimate of drug-likeness (QED) is 0.748. The number of primary amides is 1. The lowest BCUT2D eigenvalue weighted by Gasteiger charge is -2.06. The molecule has 0 saturated heterocycles. The first kappa shape index (κ1) is 10.4. The predicted octanol–water partition coefficient (Wildman–Crippen LogP) is 0.341. The monoisotopic (exact) mass is 217 g/mol. The van der Waals surface area contributed by atoms with Crippen molar-refractivity contribution in [2.45, 2.75) is 6.92 Å². The Labute approximate surface area is 91.5 Å². The Balaban J connectivity index is 3.04. The standard InChI is InChI=1S/C11H11N3O2/c1-6-13-8-5-3-4-7(10(12)15)9(8)11(16)14(6)2/h3-5H,1-2H3,(H2,12,15). The van der Waals surface area contributed by atoms with Gasteiger partial charge in [-0.3, -0.25) is 14.2 Å². The molecule has 0 unspecified atom stereocenters. The van der Waals surface area contributed by atoms with Gasteiger partial charge in [-0.1, -0.05) is 6.07 Å². The molecule has 0 bridgehead atoms. The normalized spacial score (nSPS) is 10.6. The fourth-order valence-electron chi connectivity index (χ4n) is 1.63. The van der Waals surface area contributed by atoms with Crippen LogP contribution in [-0.2, 0) is 7.05 Å². The van der Waals surface area contributed by atoms with Crippen molar-refractivity contribution in [2.75, 3.05) is 0 Å². The molecule has 0 radical (unpaired) electrons. The Hall–Kier alpha value is -2.17. The van der Waals surface area contributed by atoms with E-state index in [4.69, 9.17) is 5.73 Å². The van der Waals surface area contributed by atoms with Gasteiger partial charge < -0.3 is 5.73 Å². The van der Waals surface area contributed by atoms with Crippen molar-refractivity contribution in [1.29, 1.82) is 0 Å². The highest BCUT2D eigenvalue weighted by Gasteiger charge is 2.12. The smallest absolute Gasteiger partial charge is 0.261 e. The van der Waals surface area contributed by atoms with Crippen LogP contribution in [-0.4, -0.2) is 15.5 Å². The second kappa shape index (κ2) is 3.44. The molecule has 0 aliphatic heterocycles. The molecule has 2 rings (SSSR count).